The molecule has 0 spiro atoms. The number of alkyl halides is 3. The maximum absolute atomic E-state index is 12.9. The molecule has 0 radical (unpaired) electrons. The number of nitro benzene ring substituents is 1. The summed E-state index contributed by atoms with van der Waals surface area (Å²) in [5.74, 6) is -3.12. The molecule has 0 aliphatic carbocycles. The third-order valence-corrected chi connectivity index (χ3v) is 4.97. The van der Waals surface area contributed by atoms with Crippen molar-refractivity contribution in [2.24, 2.45) is 5.92 Å². The van der Waals surface area contributed by atoms with Crippen molar-refractivity contribution < 1.29 is 32.5 Å². The fourth-order valence-corrected chi connectivity index (χ4v) is 3.28. The van der Waals surface area contributed by atoms with Crippen molar-refractivity contribution >= 4 is 29.1 Å². The molecule has 170 valence electrons. The van der Waals surface area contributed by atoms with Crippen molar-refractivity contribution in [3.63, 3.8) is 0 Å². The topological polar surface area (TPSA) is 122 Å². The summed E-state index contributed by atoms with van der Waals surface area (Å²) < 4.78 is 38.3. The minimum atomic E-state index is -5.18. The largest absolute Gasteiger partial charge is 0.471 e. The van der Waals surface area contributed by atoms with Crippen LogP contribution >= 0.6 is 0 Å². The first kappa shape index (κ1) is 24.1. The summed E-state index contributed by atoms with van der Waals surface area (Å²) in [4.78, 5) is 47.5. The van der Waals surface area contributed by atoms with Crippen LogP contribution in [0, 0.1) is 16.0 Å². The van der Waals surface area contributed by atoms with E-state index in [1.165, 1.54) is 24.0 Å². The quantitative estimate of drug-likeness (QED) is 0.516. The number of rotatable bonds is 6. The van der Waals surface area contributed by atoms with Gasteiger partial charge in [-0.25, -0.2) is 0 Å². The third-order valence-electron chi connectivity index (χ3n) is 4.97. The number of anilines is 1. The van der Waals surface area contributed by atoms with Gasteiger partial charge in [0.2, 0.25) is 11.8 Å². The average Bonchev–Trinajstić information content (AvgIpc) is 2.67. The molecule has 1 aromatic rings. The summed E-state index contributed by atoms with van der Waals surface area (Å²) in [5.41, 5.74) is -0.409. The van der Waals surface area contributed by atoms with Gasteiger partial charge in [-0.15, -0.1) is 0 Å². The van der Waals surface area contributed by atoms with Gasteiger partial charge < -0.3 is 15.5 Å². The van der Waals surface area contributed by atoms with E-state index in [4.69, 9.17) is 0 Å². The van der Waals surface area contributed by atoms with Crippen LogP contribution in [0.3, 0.4) is 0 Å². The van der Waals surface area contributed by atoms with Gasteiger partial charge in [-0.3, -0.25) is 24.5 Å². The van der Waals surface area contributed by atoms with Crippen LogP contribution in [0.2, 0.25) is 0 Å². The number of amides is 3. The van der Waals surface area contributed by atoms with Crippen LogP contribution in [0.25, 0.3) is 0 Å². The minimum Gasteiger partial charge on any atom is -0.341 e. The Bertz CT molecular complexity index is 867. The lowest BCUT2D eigenvalue weighted by Crippen LogP contribution is -2.54. The second kappa shape index (κ2) is 9.75. The lowest BCUT2D eigenvalue weighted by molar-refractivity contribution is -0.384. The molecule has 1 saturated heterocycles. The Labute approximate surface area is 176 Å². The molecule has 12 heteroatoms. The van der Waals surface area contributed by atoms with Crippen molar-refractivity contribution in [3.8, 4) is 0 Å². The average molecular weight is 444 g/mol. The molecule has 2 rings (SSSR count). The van der Waals surface area contributed by atoms with E-state index in [0.29, 0.717) is 31.8 Å². The van der Waals surface area contributed by atoms with E-state index in [9.17, 15) is 37.7 Å². The smallest absolute Gasteiger partial charge is 0.341 e. The summed E-state index contributed by atoms with van der Waals surface area (Å²) in [6, 6.07) is 2.08. The fourth-order valence-electron chi connectivity index (χ4n) is 3.28. The van der Waals surface area contributed by atoms with Gasteiger partial charge in [-0.05, 0) is 30.4 Å². The lowest BCUT2D eigenvalue weighted by Gasteiger charge is -2.33. The maximum Gasteiger partial charge on any atom is 0.471 e. The number of carbonyl (C=O) groups excluding carboxylic acids is 3. The highest BCUT2D eigenvalue weighted by atomic mass is 19.4. The summed E-state index contributed by atoms with van der Waals surface area (Å²) >= 11 is 0. The van der Waals surface area contributed by atoms with Gasteiger partial charge in [0.25, 0.3) is 5.69 Å². The Balaban J connectivity index is 2.30. The van der Waals surface area contributed by atoms with Gasteiger partial charge in [0.05, 0.1) is 4.92 Å². The fraction of sp³-hybridized carbons (Fsp3) is 0.526. The molecule has 1 aromatic carbocycles. The van der Waals surface area contributed by atoms with Crippen LogP contribution < -0.4 is 10.6 Å². The molecule has 9 nitrogen and oxygen atoms in total. The van der Waals surface area contributed by atoms with Crippen LogP contribution in [0.1, 0.15) is 32.3 Å². The molecule has 2 N–H and O–H groups in total. The Morgan fingerprint density at radius 2 is 1.87 bits per heavy atom. The molecule has 0 unspecified atom stereocenters. The van der Waals surface area contributed by atoms with Crippen LogP contribution in [0.15, 0.2) is 18.2 Å². The van der Waals surface area contributed by atoms with Gasteiger partial charge in [0, 0.05) is 32.5 Å². The Kier molecular flexibility index (Phi) is 7.58. The Morgan fingerprint density at radius 1 is 1.26 bits per heavy atom. The Morgan fingerprint density at radius 3 is 2.39 bits per heavy atom. The maximum atomic E-state index is 12.9. The van der Waals surface area contributed by atoms with Crippen molar-refractivity contribution in [2.45, 2.75) is 45.3 Å². The molecular formula is C19H23F3N4O5. The molecular weight excluding hydrogens is 421 g/mol. The molecule has 1 atom stereocenters. The first-order valence-electron chi connectivity index (χ1n) is 9.60. The van der Waals surface area contributed by atoms with Crippen molar-refractivity contribution in [3.05, 3.63) is 33.9 Å². The van der Waals surface area contributed by atoms with E-state index < -0.39 is 40.6 Å². The highest BCUT2D eigenvalue weighted by Crippen LogP contribution is 2.27. The molecule has 31 heavy (non-hydrogen) atoms. The Hall–Kier alpha value is -3.18. The van der Waals surface area contributed by atoms with Gasteiger partial charge in [-0.1, -0.05) is 13.0 Å². The van der Waals surface area contributed by atoms with Gasteiger partial charge in [0.15, 0.2) is 0 Å². The van der Waals surface area contributed by atoms with Crippen LogP contribution in [-0.4, -0.2) is 52.9 Å². The number of halogens is 3. The van der Waals surface area contributed by atoms with Crippen LogP contribution in [0.4, 0.5) is 24.5 Å². The van der Waals surface area contributed by atoms with Crippen LogP contribution in [-0.2, 0) is 20.8 Å². The lowest BCUT2D eigenvalue weighted by atomic mass is 9.97. The van der Waals surface area contributed by atoms with Gasteiger partial charge in [-0.2, -0.15) is 13.2 Å². The summed E-state index contributed by atoms with van der Waals surface area (Å²) in [6.45, 7) is 3.86. The number of piperidine rings is 1. The summed E-state index contributed by atoms with van der Waals surface area (Å²) in [5, 5.41) is 15.3. The number of nitrogens with one attached hydrogen (secondary N) is 2. The van der Waals surface area contributed by atoms with E-state index >= 15 is 0 Å². The van der Waals surface area contributed by atoms with E-state index in [1.54, 1.807) is 5.32 Å². The molecule has 0 saturated carbocycles. The predicted octanol–water partition coefficient (Wildman–Crippen LogP) is 2.40. The normalized spacial score (nSPS) is 15.8. The third kappa shape index (κ3) is 6.66. The number of nitro groups is 1. The first-order chi connectivity index (χ1) is 14.4. The SMILES string of the molecule is CC(=O)Nc1ccc(C[C@H](NC(=O)C(F)(F)F)C(=O)N2CCC(C)CC2)cc1[N+](=O)[O-]. The second-order valence-corrected chi connectivity index (χ2v) is 7.53. The van der Waals surface area contributed by atoms with E-state index in [1.807, 2.05) is 6.92 Å². The number of nitrogens with zero attached hydrogens (tertiary/aromatic N) is 2. The zero-order chi connectivity index (χ0) is 23.3. The van der Waals surface area contributed by atoms with Crippen molar-refractivity contribution in [2.75, 3.05) is 18.4 Å². The standard InChI is InChI=1S/C19H23F3N4O5/c1-11-5-7-25(8-6-11)17(28)15(24-18(29)19(20,21)22)9-13-3-4-14(23-12(2)27)16(10-13)26(30)31/h3-4,10-11,15H,5-9H2,1-2H3,(H,23,27)(H,24,29)/t15-/m0/s1. The predicted molar refractivity (Wildman–Crippen MR) is 104 cm³/mol. The molecule has 0 bridgehead atoms. The minimum absolute atomic E-state index is 0.0894. The monoisotopic (exact) mass is 444 g/mol. The molecule has 1 aliphatic heterocycles. The van der Waals surface area contributed by atoms with Crippen molar-refractivity contribution in [1.82, 2.24) is 10.2 Å². The highest BCUT2D eigenvalue weighted by Gasteiger charge is 2.41. The van der Waals surface area contributed by atoms with Gasteiger partial charge >= 0.3 is 12.1 Å². The molecule has 1 aliphatic rings. The van der Waals surface area contributed by atoms with E-state index in [-0.39, 0.29) is 17.7 Å². The number of hydrogen-bond donors (Lipinski definition) is 2. The molecule has 0 aromatic heterocycles. The zero-order valence-electron chi connectivity index (χ0n) is 17.0. The molecule has 3 amide bonds. The van der Waals surface area contributed by atoms with E-state index in [2.05, 4.69) is 5.32 Å². The molecule has 1 heterocycles. The second-order valence-electron chi connectivity index (χ2n) is 7.53. The number of likely N-dealkylation sites (tertiary alicyclic amines) is 1. The summed E-state index contributed by atoms with van der Waals surface area (Å²) in [6.07, 6.45) is -4.20. The number of benzene rings is 1. The van der Waals surface area contributed by atoms with Gasteiger partial charge in [0.1, 0.15) is 11.7 Å². The van der Waals surface area contributed by atoms with Crippen molar-refractivity contribution in [1.29, 1.82) is 0 Å². The zero-order valence-corrected chi connectivity index (χ0v) is 17.0. The van der Waals surface area contributed by atoms with Crippen LogP contribution in [0.5, 0.6) is 0 Å². The number of hydrogen-bond acceptors (Lipinski definition) is 5. The first-order valence-corrected chi connectivity index (χ1v) is 9.60. The van der Waals surface area contributed by atoms with E-state index in [0.717, 1.165) is 6.07 Å². The summed E-state index contributed by atoms with van der Waals surface area (Å²) in [7, 11) is 0. The molecule has 1 fully saturated rings. The highest BCUT2D eigenvalue weighted by molar-refractivity contribution is 5.92. The number of carbonyl (C=O) groups is 3.